The minimum absolute atomic E-state index is 0.148. The summed E-state index contributed by atoms with van der Waals surface area (Å²) in [6.07, 6.45) is 0.224. The SMILES string of the molecule is CC(C)(C)OC(=O)NC(C(=O)NNC(=O)[C@@H]1CC[C@H]2CN1C(=O)N2OCc1ccccc1)c1ccccc1. The van der Waals surface area contributed by atoms with Gasteiger partial charge in [-0.1, -0.05) is 60.7 Å². The number of hydroxylamine groups is 2. The summed E-state index contributed by atoms with van der Waals surface area (Å²) in [6.45, 7) is 5.74. The molecule has 2 aromatic carbocycles. The van der Waals surface area contributed by atoms with Crippen LogP contribution < -0.4 is 16.2 Å². The van der Waals surface area contributed by atoms with Gasteiger partial charge in [-0.15, -0.1) is 0 Å². The summed E-state index contributed by atoms with van der Waals surface area (Å²) in [5.41, 5.74) is 5.49. The number of alkyl carbamates (subject to hydrolysis) is 1. The maximum atomic E-state index is 13.0. The topological polar surface area (TPSA) is 129 Å². The van der Waals surface area contributed by atoms with Crippen molar-refractivity contribution in [2.75, 3.05) is 6.54 Å². The van der Waals surface area contributed by atoms with Gasteiger partial charge in [0.15, 0.2) is 0 Å². The summed E-state index contributed by atoms with van der Waals surface area (Å²) in [5.74, 6) is -1.19. The predicted octanol–water partition coefficient (Wildman–Crippen LogP) is 2.80. The molecule has 2 bridgehead atoms. The summed E-state index contributed by atoms with van der Waals surface area (Å²) in [5, 5.41) is 3.89. The van der Waals surface area contributed by atoms with Crippen LogP contribution in [0.15, 0.2) is 60.7 Å². The second-order valence-corrected chi connectivity index (χ2v) is 10.2. The maximum Gasteiger partial charge on any atom is 0.408 e. The maximum absolute atomic E-state index is 13.0. The molecule has 0 aliphatic carbocycles. The minimum atomic E-state index is -1.11. The van der Waals surface area contributed by atoms with Gasteiger partial charge in [-0.05, 0) is 44.7 Å². The highest BCUT2D eigenvalue weighted by molar-refractivity contribution is 5.92. The first-order valence-electron chi connectivity index (χ1n) is 12.5. The van der Waals surface area contributed by atoms with Crippen molar-refractivity contribution < 1.29 is 28.8 Å². The van der Waals surface area contributed by atoms with Gasteiger partial charge in [-0.25, -0.2) is 9.59 Å². The van der Waals surface area contributed by atoms with Gasteiger partial charge in [0.25, 0.3) is 11.8 Å². The molecule has 2 heterocycles. The molecule has 3 atom stereocenters. The zero-order valence-electron chi connectivity index (χ0n) is 21.7. The van der Waals surface area contributed by atoms with Crippen molar-refractivity contribution in [1.82, 2.24) is 26.1 Å². The van der Waals surface area contributed by atoms with Gasteiger partial charge < -0.3 is 15.0 Å². The Hall–Kier alpha value is -4.12. The largest absolute Gasteiger partial charge is 0.444 e. The smallest absolute Gasteiger partial charge is 0.408 e. The van der Waals surface area contributed by atoms with E-state index in [1.165, 1.54) is 9.96 Å². The first kappa shape index (κ1) is 26.9. The number of fused-ring (bicyclic) bond motifs is 2. The van der Waals surface area contributed by atoms with Crippen molar-refractivity contribution in [2.24, 2.45) is 0 Å². The molecule has 2 aliphatic heterocycles. The van der Waals surface area contributed by atoms with Crippen LogP contribution in [0.3, 0.4) is 0 Å². The number of urea groups is 1. The van der Waals surface area contributed by atoms with E-state index in [0.717, 1.165) is 5.56 Å². The number of piperidine rings is 1. The molecule has 0 aromatic heterocycles. The van der Waals surface area contributed by atoms with Gasteiger partial charge in [0.2, 0.25) is 0 Å². The zero-order chi connectivity index (χ0) is 27.3. The zero-order valence-corrected chi connectivity index (χ0v) is 21.7. The Bertz CT molecular complexity index is 1150. The van der Waals surface area contributed by atoms with Crippen LogP contribution in [0.4, 0.5) is 9.59 Å². The van der Waals surface area contributed by atoms with Gasteiger partial charge in [0.1, 0.15) is 24.3 Å². The first-order chi connectivity index (χ1) is 18.1. The molecule has 38 heavy (non-hydrogen) atoms. The van der Waals surface area contributed by atoms with Crippen LogP contribution in [0.5, 0.6) is 0 Å². The summed E-state index contributed by atoms with van der Waals surface area (Å²) >= 11 is 0. The van der Waals surface area contributed by atoms with E-state index >= 15 is 0 Å². The standard InChI is InChI=1S/C27H33N5O6/c1-27(2,3)38-25(35)28-22(19-12-8-5-9-13-19)24(34)30-29-23(33)21-15-14-20-16-31(21)26(36)32(20)37-17-18-10-6-4-7-11-18/h4-13,20-22H,14-17H2,1-3H3,(H,28,35)(H,29,33)(H,30,34)/t20-,21-,22?/m0/s1. The van der Waals surface area contributed by atoms with Crippen molar-refractivity contribution in [2.45, 2.75) is 63.9 Å². The molecule has 2 saturated heterocycles. The number of rotatable bonds is 7. The minimum Gasteiger partial charge on any atom is -0.444 e. The number of hydrogen-bond acceptors (Lipinski definition) is 6. The van der Waals surface area contributed by atoms with E-state index in [9.17, 15) is 19.2 Å². The third-order valence-electron chi connectivity index (χ3n) is 6.20. The second-order valence-electron chi connectivity index (χ2n) is 10.2. The Balaban J connectivity index is 1.35. The van der Waals surface area contributed by atoms with Crippen molar-refractivity contribution >= 4 is 23.9 Å². The predicted molar refractivity (Wildman–Crippen MR) is 137 cm³/mol. The van der Waals surface area contributed by atoms with E-state index in [1.807, 2.05) is 30.3 Å². The van der Waals surface area contributed by atoms with Crippen LogP contribution in [-0.2, 0) is 25.8 Å². The summed E-state index contributed by atoms with van der Waals surface area (Å²) in [6, 6.07) is 15.7. The lowest BCUT2D eigenvalue weighted by Gasteiger charge is -2.29. The van der Waals surface area contributed by atoms with Crippen LogP contribution in [0.2, 0.25) is 0 Å². The van der Waals surface area contributed by atoms with Crippen molar-refractivity contribution in [1.29, 1.82) is 0 Å². The molecule has 3 N–H and O–H groups in total. The first-order valence-corrected chi connectivity index (χ1v) is 12.5. The Labute approximate surface area is 221 Å². The molecule has 2 aromatic rings. The van der Waals surface area contributed by atoms with E-state index in [4.69, 9.17) is 9.57 Å². The number of carbonyl (C=O) groups excluding carboxylic acids is 4. The van der Waals surface area contributed by atoms with Gasteiger partial charge in [-0.2, -0.15) is 5.06 Å². The number of hydrazine groups is 1. The number of carbonyl (C=O) groups is 4. The van der Waals surface area contributed by atoms with Crippen molar-refractivity contribution in [3.63, 3.8) is 0 Å². The number of amides is 5. The van der Waals surface area contributed by atoms with Gasteiger partial charge in [0.05, 0.1) is 6.04 Å². The summed E-state index contributed by atoms with van der Waals surface area (Å²) in [7, 11) is 0. The van der Waals surface area contributed by atoms with Gasteiger partial charge in [0, 0.05) is 6.54 Å². The van der Waals surface area contributed by atoms with Crippen LogP contribution in [0, 0.1) is 0 Å². The van der Waals surface area contributed by atoms with Crippen LogP contribution >= 0.6 is 0 Å². The second kappa shape index (κ2) is 11.5. The number of benzene rings is 2. The average molecular weight is 524 g/mol. The van der Waals surface area contributed by atoms with Crippen molar-refractivity contribution in [3.05, 3.63) is 71.8 Å². The lowest BCUT2D eigenvalue weighted by Crippen LogP contribution is -2.55. The molecule has 0 spiro atoms. The van der Waals surface area contributed by atoms with E-state index in [1.54, 1.807) is 51.1 Å². The number of ether oxygens (including phenoxy) is 1. The highest BCUT2D eigenvalue weighted by atomic mass is 16.7. The molecule has 11 nitrogen and oxygen atoms in total. The quantitative estimate of drug-likeness (QED) is 0.479. The molecule has 2 aliphatic rings. The molecule has 1 unspecified atom stereocenters. The highest BCUT2D eigenvalue weighted by Crippen LogP contribution is 2.30. The average Bonchev–Trinajstić information content (AvgIpc) is 3.13. The van der Waals surface area contributed by atoms with Crippen LogP contribution in [-0.4, -0.2) is 58.1 Å². The Morgan fingerprint density at radius 2 is 1.63 bits per heavy atom. The number of nitrogens with zero attached hydrogens (tertiary/aromatic N) is 2. The highest BCUT2D eigenvalue weighted by Gasteiger charge is 2.48. The lowest BCUT2D eigenvalue weighted by atomic mass is 10.0. The number of nitrogens with one attached hydrogen (secondary N) is 3. The molecule has 202 valence electrons. The number of hydrogen-bond donors (Lipinski definition) is 3. The molecule has 0 radical (unpaired) electrons. The Morgan fingerprint density at radius 3 is 2.29 bits per heavy atom. The Morgan fingerprint density at radius 1 is 0.974 bits per heavy atom. The fraction of sp³-hybridized carbons (Fsp3) is 0.407. The third kappa shape index (κ3) is 6.60. The summed E-state index contributed by atoms with van der Waals surface area (Å²) in [4.78, 5) is 58.6. The van der Waals surface area contributed by atoms with E-state index in [0.29, 0.717) is 24.9 Å². The third-order valence-corrected chi connectivity index (χ3v) is 6.20. The molecule has 4 rings (SSSR count). The van der Waals surface area contributed by atoms with E-state index < -0.39 is 35.6 Å². The molecule has 2 fully saturated rings. The molecule has 11 heteroatoms. The molecule has 5 amide bonds. The van der Waals surface area contributed by atoms with Gasteiger partial charge >= 0.3 is 12.1 Å². The van der Waals surface area contributed by atoms with Gasteiger partial charge in [-0.3, -0.25) is 25.3 Å². The summed E-state index contributed by atoms with van der Waals surface area (Å²) < 4.78 is 5.29. The fourth-order valence-electron chi connectivity index (χ4n) is 4.44. The fourth-order valence-corrected chi connectivity index (χ4v) is 4.44. The van der Waals surface area contributed by atoms with E-state index in [2.05, 4.69) is 16.2 Å². The van der Waals surface area contributed by atoms with Crippen LogP contribution in [0.25, 0.3) is 0 Å². The normalized spacial score (nSPS) is 19.5. The lowest BCUT2D eigenvalue weighted by molar-refractivity contribution is -0.140. The van der Waals surface area contributed by atoms with Crippen molar-refractivity contribution in [3.8, 4) is 0 Å². The monoisotopic (exact) mass is 523 g/mol. The molecular formula is C27H33N5O6. The van der Waals surface area contributed by atoms with E-state index in [-0.39, 0.29) is 18.7 Å². The molecular weight excluding hydrogens is 490 g/mol. The molecule has 0 saturated carbocycles. The Kier molecular flexibility index (Phi) is 8.16. The van der Waals surface area contributed by atoms with Crippen LogP contribution in [0.1, 0.15) is 50.8 Å².